The van der Waals surface area contributed by atoms with Crippen LogP contribution in [0.15, 0.2) is 11.6 Å². The van der Waals surface area contributed by atoms with E-state index < -0.39 is 0 Å². The molecule has 2 aliphatic heterocycles. The summed E-state index contributed by atoms with van der Waals surface area (Å²) in [7, 11) is 0. The molecule has 0 bridgehead atoms. The van der Waals surface area contributed by atoms with E-state index >= 15 is 0 Å². The van der Waals surface area contributed by atoms with Crippen LogP contribution in [0, 0.1) is 11.8 Å². The molecule has 1 atom stereocenters. The number of piperidine rings is 2. The van der Waals surface area contributed by atoms with Crippen molar-refractivity contribution < 1.29 is 9.59 Å². The molecule has 2 saturated heterocycles. The van der Waals surface area contributed by atoms with Crippen molar-refractivity contribution in [3.05, 3.63) is 16.6 Å². The van der Waals surface area contributed by atoms with Crippen LogP contribution in [0.2, 0.25) is 0 Å². The van der Waals surface area contributed by atoms with Crippen molar-refractivity contribution in [1.82, 2.24) is 20.1 Å². The smallest absolute Gasteiger partial charge is 0.225 e. The summed E-state index contributed by atoms with van der Waals surface area (Å²) in [5.41, 5.74) is 0. The lowest BCUT2D eigenvalue weighted by molar-refractivity contribution is -0.134. The van der Waals surface area contributed by atoms with Gasteiger partial charge in [0, 0.05) is 56.1 Å². The quantitative estimate of drug-likeness (QED) is 0.806. The molecule has 1 aromatic heterocycles. The first-order valence-corrected chi connectivity index (χ1v) is 11.3. The third-order valence-corrected chi connectivity index (χ3v) is 7.00. The molecule has 1 aromatic rings. The van der Waals surface area contributed by atoms with Crippen molar-refractivity contribution in [2.75, 3.05) is 32.7 Å². The van der Waals surface area contributed by atoms with E-state index in [-0.39, 0.29) is 11.8 Å². The molecule has 1 saturated carbocycles. The normalized spacial score (nSPS) is 24.7. The zero-order valence-corrected chi connectivity index (χ0v) is 16.8. The second kappa shape index (κ2) is 8.69. The molecule has 0 radical (unpaired) electrons. The molecule has 2 amide bonds. The number of hydrogen-bond donors (Lipinski definition) is 1. The van der Waals surface area contributed by atoms with Crippen molar-refractivity contribution in [1.29, 1.82) is 0 Å². The molecule has 3 heterocycles. The molecule has 0 aromatic carbocycles. The molecular weight excluding hydrogens is 360 g/mol. The van der Waals surface area contributed by atoms with Crippen molar-refractivity contribution >= 4 is 23.2 Å². The first kappa shape index (κ1) is 18.9. The number of amides is 2. The minimum atomic E-state index is 0.0983. The lowest BCUT2D eigenvalue weighted by Gasteiger charge is -2.42. The van der Waals surface area contributed by atoms with Crippen LogP contribution in [0.1, 0.15) is 43.5 Å². The molecule has 27 heavy (non-hydrogen) atoms. The van der Waals surface area contributed by atoms with Gasteiger partial charge in [0.25, 0.3) is 0 Å². The van der Waals surface area contributed by atoms with Crippen LogP contribution in [-0.2, 0) is 16.0 Å². The maximum absolute atomic E-state index is 12.6. The maximum atomic E-state index is 12.6. The van der Waals surface area contributed by atoms with Crippen LogP contribution in [0.4, 0.5) is 0 Å². The molecule has 1 N–H and O–H groups in total. The zero-order valence-electron chi connectivity index (χ0n) is 15.9. The molecule has 7 heteroatoms. The summed E-state index contributed by atoms with van der Waals surface area (Å²) in [6.45, 7) is 4.40. The number of likely N-dealkylation sites (tertiary alicyclic amines) is 2. The van der Waals surface area contributed by atoms with Gasteiger partial charge in [0.05, 0.1) is 10.9 Å². The zero-order chi connectivity index (χ0) is 18.6. The van der Waals surface area contributed by atoms with Gasteiger partial charge >= 0.3 is 0 Å². The van der Waals surface area contributed by atoms with E-state index in [2.05, 4.69) is 20.1 Å². The van der Waals surface area contributed by atoms with Crippen molar-refractivity contribution in [3.63, 3.8) is 0 Å². The third-order valence-electron chi connectivity index (χ3n) is 6.16. The Morgan fingerprint density at radius 3 is 2.63 bits per heavy atom. The predicted molar refractivity (Wildman–Crippen MR) is 105 cm³/mol. The number of nitrogens with zero attached hydrogens (tertiary/aromatic N) is 3. The molecule has 6 nitrogen and oxygen atoms in total. The van der Waals surface area contributed by atoms with Gasteiger partial charge in [-0.05, 0) is 45.1 Å². The highest BCUT2D eigenvalue weighted by Gasteiger charge is 2.37. The van der Waals surface area contributed by atoms with Crippen LogP contribution in [0.25, 0.3) is 0 Å². The largest absolute Gasteiger partial charge is 0.355 e. The Kier molecular flexibility index (Phi) is 6.08. The summed E-state index contributed by atoms with van der Waals surface area (Å²) in [4.78, 5) is 33.6. The van der Waals surface area contributed by atoms with Crippen LogP contribution >= 0.6 is 11.3 Å². The second-order valence-electron chi connectivity index (χ2n) is 8.13. The first-order chi connectivity index (χ1) is 13.2. The van der Waals surface area contributed by atoms with E-state index in [0.29, 0.717) is 24.4 Å². The molecule has 4 rings (SSSR count). The number of aromatic nitrogens is 1. The Morgan fingerprint density at radius 2 is 1.93 bits per heavy atom. The van der Waals surface area contributed by atoms with Gasteiger partial charge in [-0.25, -0.2) is 4.98 Å². The molecule has 1 unspecified atom stereocenters. The molecule has 0 spiro atoms. The highest BCUT2D eigenvalue weighted by Crippen LogP contribution is 2.32. The summed E-state index contributed by atoms with van der Waals surface area (Å²) in [5.74, 6) is 0.998. The van der Waals surface area contributed by atoms with Gasteiger partial charge in [0.15, 0.2) is 0 Å². The monoisotopic (exact) mass is 390 g/mol. The molecular formula is C20H30N4O2S. The van der Waals surface area contributed by atoms with E-state index in [1.165, 1.54) is 0 Å². The van der Waals surface area contributed by atoms with E-state index in [1.54, 1.807) is 11.3 Å². The Hall–Kier alpha value is -1.47. The number of carbonyl (C=O) groups is 2. The Balaban J connectivity index is 1.20. The maximum Gasteiger partial charge on any atom is 0.225 e. The van der Waals surface area contributed by atoms with Crippen LogP contribution in [-0.4, -0.2) is 65.4 Å². The fourth-order valence-corrected chi connectivity index (χ4v) is 5.03. The molecule has 3 aliphatic rings. The van der Waals surface area contributed by atoms with E-state index in [0.717, 1.165) is 76.1 Å². The topological polar surface area (TPSA) is 65.5 Å². The number of rotatable bonds is 6. The summed E-state index contributed by atoms with van der Waals surface area (Å²) in [6, 6.07) is 0.527. The number of hydrogen-bond acceptors (Lipinski definition) is 5. The second-order valence-corrected chi connectivity index (χ2v) is 9.11. The number of thiazole rings is 1. The Bertz CT molecular complexity index is 638. The van der Waals surface area contributed by atoms with Gasteiger partial charge in [-0.2, -0.15) is 0 Å². The fourth-order valence-electron chi connectivity index (χ4n) is 4.41. The Labute approximate surface area is 165 Å². The highest BCUT2D eigenvalue weighted by atomic mass is 32.1. The first-order valence-electron chi connectivity index (χ1n) is 10.4. The predicted octanol–water partition coefficient (Wildman–Crippen LogP) is 1.91. The van der Waals surface area contributed by atoms with Crippen molar-refractivity contribution in [2.24, 2.45) is 11.8 Å². The van der Waals surface area contributed by atoms with E-state index in [9.17, 15) is 9.59 Å². The van der Waals surface area contributed by atoms with Gasteiger partial charge in [0.1, 0.15) is 0 Å². The summed E-state index contributed by atoms with van der Waals surface area (Å²) >= 11 is 1.64. The van der Waals surface area contributed by atoms with Gasteiger partial charge in [-0.3, -0.25) is 14.5 Å². The summed E-state index contributed by atoms with van der Waals surface area (Å²) < 4.78 is 0. The minimum Gasteiger partial charge on any atom is -0.355 e. The lowest BCUT2D eigenvalue weighted by Crippen LogP contribution is -2.51. The Morgan fingerprint density at radius 1 is 1.11 bits per heavy atom. The summed E-state index contributed by atoms with van der Waals surface area (Å²) in [5, 5.41) is 6.15. The van der Waals surface area contributed by atoms with Crippen LogP contribution in [0.3, 0.4) is 0 Å². The van der Waals surface area contributed by atoms with Gasteiger partial charge < -0.3 is 10.2 Å². The van der Waals surface area contributed by atoms with Gasteiger partial charge in [0.2, 0.25) is 11.8 Å². The molecule has 1 aliphatic carbocycles. The minimum absolute atomic E-state index is 0.0983. The van der Waals surface area contributed by atoms with Crippen LogP contribution < -0.4 is 5.32 Å². The van der Waals surface area contributed by atoms with Gasteiger partial charge in [-0.1, -0.05) is 0 Å². The average molecular weight is 391 g/mol. The lowest BCUT2D eigenvalue weighted by atomic mass is 9.93. The van der Waals surface area contributed by atoms with Crippen molar-refractivity contribution in [3.8, 4) is 0 Å². The average Bonchev–Trinajstić information content (AvgIpc) is 3.44. The summed E-state index contributed by atoms with van der Waals surface area (Å²) in [6.07, 6.45) is 8.98. The number of nitrogens with one attached hydrogen (secondary N) is 1. The van der Waals surface area contributed by atoms with E-state index in [1.807, 2.05) is 11.6 Å². The van der Waals surface area contributed by atoms with E-state index in [4.69, 9.17) is 0 Å². The van der Waals surface area contributed by atoms with Gasteiger partial charge in [-0.15, -0.1) is 11.3 Å². The standard InChI is InChI=1S/C20H30N4O2S/c25-19(22-8-5-18-21-9-13-27-18)16-2-1-10-24(14-16)17-6-11-23(12-7-17)20(26)15-3-4-15/h9,13,15-17H,1-8,10-12,14H2,(H,22,25). The number of carbonyl (C=O) groups excluding carboxylic acids is 2. The fraction of sp³-hybridized carbons (Fsp3) is 0.750. The SMILES string of the molecule is O=C(NCCc1nccs1)C1CCCN(C2CCN(C(=O)C3CC3)CC2)C1. The van der Waals surface area contributed by atoms with Crippen LogP contribution in [0.5, 0.6) is 0 Å². The molecule has 148 valence electrons. The third kappa shape index (κ3) is 4.88. The molecule has 3 fully saturated rings. The highest BCUT2D eigenvalue weighted by molar-refractivity contribution is 7.09. The van der Waals surface area contributed by atoms with Crippen molar-refractivity contribution in [2.45, 2.75) is 51.0 Å².